The molecule has 10 nitrogen and oxygen atoms in total. The molecule has 2 fully saturated rings. The summed E-state index contributed by atoms with van der Waals surface area (Å²) in [5, 5.41) is 10.7. The van der Waals surface area contributed by atoms with E-state index in [-0.39, 0.29) is 16.4 Å². The van der Waals surface area contributed by atoms with Gasteiger partial charge in [-0.25, -0.2) is 4.79 Å². The Morgan fingerprint density at radius 3 is 2.83 bits per heavy atom. The van der Waals surface area contributed by atoms with Crippen molar-refractivity contribution in [3.05, 3.63) is 34.7 Å². The molecule has 0 atom stereocenters. The minimum Gasteiger partial charge on any atom is -0.493 e. The van der Waals surface area contributed by atoms with Crippen molar-refractivity contribution in [2.75, 3.05) is 34.0 Å². The number of nitrogens with one attached hydrogen (secondary N) is 1. The number of thioether (sulfide) groups is 1. The lowest BCUT2D eigenvalue weighted by atomic mass is 10.2. The van der Waals surface area contributed by atoms with Gasteiger partial charge in [-0.1, -0.05) is 0 Å². The third-order valence-corrected chi connectivity index (χ3v) is 4.85. The maximum atomic E-state index is 11.8. The first-order chi connectivity index (χ1) is 14.6. The molecule has 160 valence electrons. The maximum absolute atomic E-state index is 11.8. The van der Waals surface area contributed by atoms with Crippen LogP contribution in [0.25, 0.3) is 0 Å². The summed E-state index contributed by atoms with van der Waals surface area (Å²) in [6.45, 7) is 1.60. The van der Waals surface area contributed by atoms with E-state index >= 15 is 0 Å². The van der Waals surface area contributed by atoms with Crippen LogP contribution >= 0.6 is 11.8 Å². The summed E-state index contributed by atoms with van der Waals surface area (Å²) >= 11 is 0.997. The molecule has 2 aliphatic heterocycles. The highest BCUT2D eigenvalue weighted by atomic mass is 32.2. The van der Waals surface area contributed by atoms with Crippen molar-refractivity contribution in [3.8, 4) is 11.5 Å². The molecule has 1 aromatic carbocycles. The average molecular weight is 435 g/mol. The number of hydrogen-bond donors (Lipinski definition) is 1. The van der Waals surface area contributed by atoms with Crippen LogP contribution in [0.1, 0.15) is 12.0 Å². The second-order valence-corrected chi connectivity index (χ2v) is 6.99. The number of esters is 1. The number of ether oxygens (including phenoxy) is 5. The monoisotopic (exact) mass is 435 g/mol. The van der Waals surface area contributed by atoms with Crippen LogP contribution in [0.3, 0.4) is 0 Å². The number of amidine groups is 1. The minimum absolute atomic E-state index is 0.186. The van der Waals surface area contributed by atoms with Gasteiger partial charge in [-0.2, -0.15) is 5.10 Å². The van der Waals surface area contributed by atoms with Crippen LogP contribution in [0, 0.1) is 0 Å². The molecule has 0 radical (unpaired) electrons. The second kappa shape index (κ2) is 10.8. The smallest absolute Gasteiger partial charge is 0.331 e. The number of rotatable bonds is 8. The standard InChI is InChI=1S/C19H21N3O7S/c1-25-13-4-3-12(9-14(13)27-6-5-17-28-7-8-29-17)11-20-22-19-21-18(24)15(30-19)10-16(23)26-2/h3-4,9-11,17H,5-8H2,1-2H3,(H,21,22,24)/b15-10+,20-11?. The van der Waals surface area contributed by atoms with Crippen LogP contribution in [0.15, 0.2) is 39.4 Å². The van der Waals surface area contributed by atoms with Gasteiger partial charge >= 0.3 is 5.97 Å². The zero-order chi connectivity index (χ0) is 21.3. The van der Waals surface area contributed by atoms with Gasteiger partial charge in [0.15, 0.2) is 23.0 Å². The van der Waals surface area contributed by atoms with Crippen molar-refractivity contribution in [1.82, 2.24) is 5.32 Å². The van der Waals surface area contributed by atoms with E-state index in [0.717, 1.165) is 23.4 Å². The first kappa shape index (κ1) is 21.8. The van der Waals surface area contributed by atoms with Gasteiger partial charge in [0.05, 0.1) is 45.2 Å². The normalized spacial score (nSPS) is 19.6. The summed E-state index contributed by atoms with van der Waals surface area (Å²) in [5.41, 5.74) is 0.725. The molecule has 0 aliphatic carbocycles. The van der Waals surface area contributed by atoms with Crippen molar-refractivity contribution < 1.29 is 33.3 Å². The summed E-state index contributed by atoms with van der Waals surface area (Å²) in [5.74, 6) is 0.0887. The van der Waals surface area contributed by atoms with Gasteiger partial charge < -0.3 is 23.7 Å². The molecule has 0 saturated carbocycles. The van der Waals surface area contributed by atoms with Crippen LogP contribution < -0.4 is 14.8 Å². The van der Waals surface area contributed by atoms with Crippen molar-refractivity contribution >= 4 is 35.0 Å². The van der Waals surface area contributed by atoms with Crippen molar-refractivity contribution in [2.24, 2.45) is 10.2 Å². The Balaban J connectivity index is 1.61. The highest BCUT2D eigenvalue weighted by molar-refractivity contribution is 8.18. The highest BCUT2D eigenvalue weighted by Gasteiger charge is 2.25. The summed E-state index contributed by atoms with van der Waals surface area (Å²) in [4.78, 5) is 23.2. The Bertz CT molecular complexity index is 879. The van der Waals surface area contributed by atoms with E-state index in [0.29, 0.717) is 37.7 Å². The van der Waals surface area contributed by atoms with E-state index in [9.17, 15) is 9.59 Å². The molecule has 11 heteroatoms. The zero-order valence-electron chi connectivity index (χ0n) is 16.5. The molecule has 2 heterocycles. The molecule has 1 amide bonds. The summed E-state index contributed by atoms with van der Waals surface area (Å²) in [7, 11) is 2.80. The second-order valence-electron chi connectivity index (χ2n) is 5.96. The zero-order valence-corrected chi connectivity index (χ0v) is 17.3. The van der Waals surface area contributed by atoms with Crippen LogP contribution in [-0.4, -0.2) is 63.6 Å². The molecule has 3 rings (SSSR count). The van der Waals surface area contributed by atoms with E-state index in [1.54, 1.807) is 25.3 Å². The molecule has 0 unspecified atom stereocenters. The van der Waals surface area contributed by atoms with E-state index in [2.05, 4.69) is 20.3 Å². The summed E-state index contributed by atoms with van der Waals surface area (Å²) in [6.07, 6.45) is 2.97. The van der Waals surface area contributed by atoms with Crippen LogP contribution in [-0.2, 0) is 23.8 Å². The van der Waals surface area contributed by atoms with Crippen molar-refractivity contribution in [1.29, 1.82) is 0 Å². The Morgan fingerprint density at radius 1 is 1.30 bits per heavy atom. The first-order valence-corrected chi connectivity index (χ1v) is 9.84. The number of methoxy groups -OCH3 is 2. The topological polar surface area (TPSA) is 117 Å². The fourth-order valence-electron chi connectivity index (χ4n) is 2.51. The predicted molar refractivity (Wildman–Crippen MR) is 110 cm³/mol. The lowest BCUT2D eigenvalue weighted by Crippen LogP contribution is -2.19. The molecular weight excluding hydrogens is 414 g/mol. The fourth-order valence-corrected chi connectivity index (χ4v) is 3.25. The lowest BCUT2D eigenvalue weighted by molar-refractivity contribution is -0.135. The quantitative estimate of drug-likeness (QED) is 0.282. The predicted octanol–water partition coefficient (Wildman–Crippen LogP) is 1.45. The molecule has 30 heavy (non-hydrogen) atoms. The maximum Gasteiger partial charge on any atom is 0.331 e. The van der Waals surface area contributed by atoms with E-state index in [1.165, 1.54) is 13.3 Å². The number of carbonyl (C=O) groups excluding carboxylic acids is 2. The SMILES string of the molecule is COC(=O)/C=C1/S/C(=N\N=Cc2ccc(OC)c(OCCC3OCCO3)c2)NC1=O. The number of amides is 1. The summed E-state index contributed by atoms with van der Waals surface area (Å²) in [6, 6.07) is 5.32. The molecule has 0 bridgehead atoms. The van der Waals surface area contributed by atoms with Gasteiger partial charge in [-0.15, -0.1) is 5.10 Å². The Labute approximate surface area is 177 Å². The van der Waals surface area contributed by atoms with Crippen molar-refractivity contribution in [3.63, 3.8) is 0 Å². The van der Waals surface area contributed by atoms with Crippen molar-refractivity contribution in [2.45, 2.75) is 12.7 Å². The van der Waals surface area contributed by atoms with Gasteiger partial charge in [-0.05, 0) is 35.5 Å². The number of carbonyl (C=O) groups is 2. The molecule has 2 aliphatic rings. The van der Waals surface area contributed by atoms with E-state index in [4.69, 9.17) is 18.9 Å². The number of benzene rings is 1. The Morgan fingerprint density at radius 2 is 2.10 bits per heavy atom. The first-order valence-electron chi connectivity index (χ1n) is 9.03. The van der Waals surface area contributed by atoms with Gasteiger partial charge in [-0.3, -0.25) is 10.1 Å². The highest BCUT2D eigenvalue weighted by Crippen LogP contribution is 2.28. The average Bonchev–Trinajstić information content (AvgIpc) is 3.38. The van der Waals surface area contributed by atoms with Gasteiger partial charge in [0, 0.05) is 12.5 Å². The van der Waals surface area contributed by atoms with Gasteiger partial charge in [0.2, 0.25) is 0 Å². The number of hydrogen-bond acceptors (Lipinski definition) is 10. The van der Waals surface area contributed by atoms with Crippen LogP contribution in [0.5, 0.6) is 11.5 Å². The largest absolute Gasteiger partial charge is 0.493 e. The van der Waals surface area contributed by atoms with Crippen LogP contribution in [0.4, 0.5) is 0 Å². The van der Waals surface area contributed by atoms with E-state index < -0.39 is 11.9 Å². The third kappa shape index (κ3) is 6.05. The Hall–Kier alpha value is -2.89. The third-order valence-electron chi connectivity index (χ3n) is 3.95. The molecule has 0 aromatic heterocycles. The summed E-state index contributed by atoms with van der Waals surface area (Å²) < 4.78 is 26.4. The van der Waals surface area contributed by atoms with Crippen LogP contribution in [0.2, 0.25) is 0 Å². The molecular formula is C19H21N3O7S. The Kier molecular flexibility index (Phi) is 7.82. The van der Waals surface area contributed by atoms with E-state index in [1.807, 2.05) is 0 Å². The van der Waals surface area contributed by atoms with Gasteiger partial charge in [0.1, 0.15) is 0 Å². The molecule has 2 saturated heterocycles. The number of nitrogens with zero attached hydrogens (tertiary/aromatic N) is 2. The minimum atomic E-state index is -0.616. The van der Waals surface area contributed by atoms with Gasteiger partial charge in [0.25, 0.3) is 5.91 Å². The molecule has 1 N–H and O–H groups in total. The molecule has 1 aromatic rings. The lowest BCUT2D eigenvalue weighted by Gasteiger charge is -2.13. The molecule has 0 spiro atoms. The fraction of sp³-hybridized carbons (Fsp3) is 0.368.